The number of carboxylic acids is 1. The summed E-state index contributed by atoms with van der Waals surface area (Å²) in [4.78, 5) is 42.4. The van der Waals surface area contributed by atoms with E-state index < -0.39 is 17.2 Å². The number of esters is 1. The van der Waals surface area contributed by atoms with E-state index in [1.54, 1.807) is 16.4 Å². The molecule has 1 saturated heterocycles. The van der Waals surface area contributed by atoms with Crippen LogP contribution in [0.5, 0.6) is 0 Å². The van der Waals surface area contributed by atoms with Crippen molar-refractivity contribution in [2.45, 2.75) is 38.3 Å². The van der Waals surface area contributed by atoms with Crippen LogP contribution in [0.25, 0.3) is 11.0 Å². The van der Waals surface area contributed by atoms with Crippen LogP contribution in [-0.2, 0) is 9.53 Å². The molecule has 0 amide bonds. The summed E-state index contributed by atoms with van der Waals surface area (Å²) in [5.41, 5.74) is 5.50. The molecule has 1 aliphatic heterocycles. The largest absolute Gasteiger partial charge is 0.477 e. The minimum absolute atomic E-state index is 0.0151. The van der Waals surface area contributed by atoms with Crippen molar-refractivity contribution in [2.75, 3.05) is 24.6 Å². The second-order valence-electron chi connectivity index (χ2n) is 8.97. The molecular weight excluding hydrogens is 419 g/mol. The highest BCUT2D eigenvalue weighted by Gasteiger charge is 2.52. The summed E-state index contributed by atoms with van der Waals surface area (Å²) in [7, 11) is 0. The summed E-state index contributed by atoms with van der Waals surface area (Å²) < 4.78 is 21.9. The minimum Gasteiger partial charge on any atom is -0.477 e. The molecule has 2 aliphatic carbocycles. The van der Waals surface area contributed by atoms with E-state index >= 15 is 4.39 Å². The van der Waals surface area contributed by atoms with Gasteiger partial charge in [0.1, 0.15) is 11.2 Å². The Morgan fingerprint density at radius 2 is 2.06 bits per heavy atom. The number of anilines is 1. The Kier molecular flexibility index (Phi) is 4.92. The summed E-state index contributed by atoms with van der Waals surface area (Å²) in [5, 5.41) is 9.34. The molecule has 10 heteroatoms. The van der Waals surface area contributed by atoms with Crippen LogP contribution < -0.4 is 16.1 Å². The molecule has 2 aromatic heterocycles. The van der Waals surface area contributed by atoms with Gasteiger partial charge in [-0.05, 0) is 44.1 Å². The molecule has 2 saturated carbocycles. The number of rotatable bonds is 6. The molecule has 0 unspecified atom stereocenters. The van der Waals surface area contributed by atoms with E-state index in [-0.39, 0.29) is 58.2 Å². The van der Waals surface area contributed by atoms with Gasteiger partial charge in [0.05, 0.1) is 17.9 Å². The molecule has 4 atom stereocenters. The van der Waals surface area contributed by atoms with Crippen molar-refractivity contribution in [1.29, 1.82) is 0 Å². The number of carbonyl (C=O) groups is 2. The summed E-state index contributed by atoms with van der Waals surface area (Å²) in [6, 6.07) is 0.895. The SMILES string of the molecule is CCOC(=O)[C@H]1C[C@@H]1[C@H]1CN(c2nc3c(cc2F)c(=O)c(C(=O)O)cn3C2CC2)C[C@@H]1N. The maximum atomic E-state index is 15.1. The fourth-order valence-electron chi connectivity index (χ4n) is 4.93. The van der Waals surface area contributed by atoms with E-state index in [9.17, 15) is 19.5 Å². The smallest absolute Gasteiger partial charge is 0.341 e. The van der Waals surface area contributed by atoms with Crippen molar-refractivity contribution in [3.8, 4) is 0 Å². The summed E-state index contributed by atoms with van der Waals surface area (Å²) in [5.74, 6) is -2.17. The van der Waals surface area contributed by atoms with Crippen LogP contribution in [0.1, 0.15) is 42.6 Å². The van der Waals surface area contributed by atoms with E-state index in [1.807, 2.05) is 0 Å². The number of fused-ring (bicyclic) bond motifs is 1. The third-order valence-electron chi connectivity index (χ3n) is 6.80. The first-order valence-electron chi connectivity index (χ1n) is 11.0. The lowest BCUT2D eigenvalue weighted by Gasteiger charge is -2.20. The second kappa shape index (κ2) is 7.54. The highest BCUT2D eigenvalue weighted by Crippen LogP contribution is 2.48. The predicted octanol–water partition coefficient (Wildman–Crippen LogP) is 1.53. The zero-order chi connectivity index (χ0) is 22.7. The van der Waals surface area contributed by atoms with E-state index in [1.165, 1.54) is 6.20 Å². The molecule has 3 fully saturated rings. The topological polar surface area (TPSA) is 128 Å². The van der Waals surface area contributed by atoms with Crippen molar-refractivity contribution in [3.63, 3.8) is 0 Å². The number of carboxylic acid groups (broad SMARTS) is 1. The van der Waals surface area contributed by atoms with Crippen LogP contribution in [-0.4, -0.2) is 52.3 Å². The normalized spacial score (nSPS) is 27.0. The first kappa shape index (κ1) is 20.9. The molecular formula is C22H25FN4O5. The number of ether oxygens (including phenoxy) is 1. The standard InChI is InChI=1S/C22H25FN4O5/c1-2-32-22(31)12-5-11(12)14-7-26(9-17(14)24)20-16(23)6-13-18(28)15(21(29)30)8-27(10-3-4-10)19(13)25-20/h6,8,10-12,14,17H,2-5,7,9,24H2,1H3,(H,29,30)/t11-,12-,14+,17-/m0/s1. The Balaban J connectivity index is 1.48. The van der Waals surface area contributed by atoms with Crippen molar-refractivity contribution in [1.82, 2.24) is 9.55 Å². The molecule has 3 aliphatic rings. The Morgan fingerprint density at radius 3 is 2.72 bits per heavy atom. The summed E-state index contributed by atoms with van der Waals surface area (Å²) >= 11 is 0. The van der Waals surface area contributed by atoms with Gasteiger partial charge in [0.15, 0.2) is 11.6 Å². The van der Waals surface area contributed by atoms with Gasteiger partial charge in [-0.2, -0.15) is 0 Å². The van der Waals surface area contributed by atoms with Crippen LogP contribution in [0.15, 0.2) is 17.1 Å². The average Bonchev–Trinajstić information content (AvgIpc) is 3.66. The van der Waals surface area contributed by atoms with Gasteiger partial charge in [-0.1, -0.05) is 0 Å². The van der Waals surface area contributed by atoms with Gasteiger partial charge < -0.3 is 25.0 Å². The molecule has 0 spiro atoms. The maximum Gasteiger partial charge on any atom is 0.341 e. The van der Waals surface area contributed by atoms with Crippen LogP contribution in [0.3, 0.4) is 0 Å². The lowest BCUT2D eigenvalue weighted by atomic mass is 9.97. The van der Waals surface area contributed by atoms with Gasteiger partial charge in [-0.15, -0.1) is 0 Å². The molecule has 0 bridgehead atoms. The fraction of sp³-hybridized carbons (Fsp3) is 0.545. The maximum absolute atomic E-state index is 15.1. The number of aromatic nitrogens is 2. The van der Waals surface area contributed by atoms with E-state index in [0.29, 0.717) is 19.7 Å². The minimum atomic E-state index is -1.34. The van der Waals surface area contributed by atoms with Gasteiger partial charge in [0, 0.05) is 31.4 Å². The summed E-state index contributed by atoms with van der Waals surface area (Å²) in [6.45, 7) is 2.95. The van der Waals surface area contributed by atoms with Crippen molar-refractivity contribution in [2.24, 2.45) is 23.5 Å². The number of nitrogens with two attached hydrogens (primary N) is 1. The van der Waals surface area contributed by atoms with Crippen molar-refractivity contribution < 1.29 is 23.8 Å². The number of aromatic carboxylic acids is 1. The molecule has 3 heterocycles. The van der Waals surface area contributed by atoms with Gasteiger partial charge in [0.2, 0.25) is 5.43 Å². The lowest BCUT2D eigenvalue weighted by molar-refractivity contribution is -0.145. The molecule has 9 nitrogen and oxygen atoms in total. The Morgan fingerprint density at radius 1 is 1.31 bits per heavy atom. The quantitative estimate of drug-likeness (QED) is 0.642. The third-order valence-corrected chi connectivity index (χ3v) is 6.80. The number of pyridine rings is 2. The van der Waals surface area contributed by atoms with Gasteiger partial charge in [0.25, 0.3) is 0 Å². The zero-order valence-electron chi connectivity index (χ0n) is 17.7. The van der Waals surface area contributed by atoms with Crippen LogP contribution in [0.4, 0.5) is 10.2 Å². The van der Waals surface area contributed by atoms with E-state index in [4.69, 9.17) is 10.5 Å². The first-order chi connectivity index (χ1) is 15.3. The highest BCUT2D eigenvalue weighted by molar-refractivity contribution is 5.92. The fourth-order valence-corrected chi connectivity index (χ4v) is 4.93. The van der Waals surface area contributed by atoms with Crippen molar-refractivity contribution >= 4 is 28.8 Å². The highest BCUT2D eigenvalue weighted by atomic mass is 19.1. The molecule has 5 rings (SSSR count). The van der Waals surface area contributed by atoms with Gasteiger partial charge in [-0.3, -0.25) is 9.59 Å². The van der Waals surface area contributed by atoms with Crippen LogP contribution in [0.2, 0.25) is 0 Å². The monoisotopic (exact) mass is 444 g/mol. The third kappa shape index (κ3) is 3.42. The number of hydrogen-bond acceptors (Lipinski definition) is 7. The Hall–Kier alpha value is -3.01. The molecule has 0 radical (unpaired) electrons. The van der Waals surface area contributed by atoms with Gasteiger partial charge >= 0.3 is 11.9 Å². The van der Waals surface area contributed by atoms with E-state index in [2.05, 4.69) is 4.98 Å². The summed E-state index contributed by atoms with van der Waals surface area (Å²) in [6.07, 6.45) is 3.72. The van der Waals surface area contributed by atoms with Crippen LogP contribution in [0, 0.1) is 23.6 Å². The van der Waals surface area contributed by atoms with Gasteiger partial charge in [-0.25, -0.2) is 14.2 Å². The number of halogens is 1. The second-order valence-corrected chi connectivity index (χ2v) is 8.97. The Bertz CT molecular complexity index is 1180. The predicted molar refractivity (Wildman–Crippen MR) is 113 cm³/mol. The number of hydrogen-bond donors (Lipinski definition) is 2. The van der Waals surface area contributed by atoms with Crippen molar-refractivity contribution in [3.05, 3.63) is 33.9 Å². The average molecular weight is 444 g/mol. The lowest BCUT2D eigenvalue weighted by Crippen LogP contribution is -2.31. The molecule has 3 N–H and O–H groups in total. The molecule has 0 aromatic carbocycles. The Labute approximate surface area is 183 Å². The number of nitrogens with zero attached hydrogens (tertiary/aromatic N) is 3. The van der Waals surface area contributed by atoms with E-state index in [0.717, 1.165) is 25.3 Å². The zero-order valence-corrected chi connectivity index (χ0v) is 17.7. The number of carbonyl (C=O) groups excluding carboxylic acids is 1. The molecule has 170 valence electrons. The first-order valence-corrected chi connectivity index (χ1v) is 11.0. The van der Waals surface area contributed by atoms with Crippen LogP contribution >= 0.6 is 0 Å². The molecule has 2 aromatic rings. The molecule has 32 heavy (non-hydrogen) atoms.